The summed E-state index contributed by atoms with van der Waals surface area (Å²) in [5.74, 6) is -0.165. The molecule has 2 nitrogen and oxygen atoms in total. The Morgan fingerprint density at radius 1 is 1.45 bits per heavy atom. The van der Waals surface area contributed by atoms with Gasteiger partial charge in [0.2, 0.25) is 0 Å². The van der Waals surface area contributed by atoms with Crippen LogP contribution in [0.1, 0.15) is 6.92 Å². The fourth-order valence-electron chi connectivity index (χ4n) is 0.537. The molecule has 0 N–H and O–H groups in total. The Morgan fingerprint density at radius 3 is 2.18 bits per heavy atom. The maximum absolute atomic E-state index is 10.8. The van der Waals surface area contributed by atoms with E-state index in [0.29, 0.717) is 6.61 Å². The minimum atomic E-state index is -1.36. The van der Waals surface area contributed by atoms with Gasteiger partial charge in [-0.15, -0.1) is 0 Å². The van der Waals surface area contributed by atoms with E-state index < -0.39 is 8.07 Å². The van der Waals surface area contributed by atoms with E-state index in [9.17, 15) is 4.79 Å². The number of ether oxygens (including phenoxy) is 1. The largest absolute Gasteiger partial charge is 1.00 e. The van der Waals surface area contributed by atoms with E-state index in [1.807, 2.05) is 6.92 Å². The molecule has 0 aromatic rings. The number of carbonyl (C=O) groups excluding carboxylic acids is 1. The molecule has 0 unspecified atom stereocenters. The second-order valence-electron chi connectivity index (χ2n) is 3.26. The van der Waals surface area contributed by atoms with E-state index >= 15 is 0 Å². The Bertz CT molecular complexity index is 120. The molecule has 0 saturated heterocycles. The van der Waals surface area contributed by atoms with Gasteiger partial charge in [-0.25, -0.2) is 0 Å². The molecule has 0 aromatic carbocycles. The van der Waals surface area contributed by atoms with E-state index in [4.69, 9.17) is 4.74 Å². The van der Waals surface area contributed by atoms with Crippen LogP contribution in [0.15, 0.2) is 0 Å². The van der Waals surface area contributed by atoms with Crippen molar-refractivity contribution in [3.05, 3.63) is 6.04 Å². The minimum absolute atomic E-state index is 0. The molecule has 0 rings (SSSR count). The second kappa shape index (κ2) is 5.76. The topological polar surface area (TPSA) is 26.3 Å². The van der Waals surface area contributed by atoms with Crippen LogP contribution < -0.4 is 18.9 Å². The van der Waals surface area contributed by atoms with Gasteiger partial charge in [0.05, 0.1) is 6.61 Å². The second-order valence-corrected chi connectivity index (χ2v) is 8.28. The zero-order valence-corrected chi connectivity index (χ0v) is 9.10. The van der Waals surface area contributed by atoms with Gasteiger partial charge in [0, 0.05) is 0 Å². The van der Waals surface area contributed by atoms with E-state index in [1.54, 1.807) is 6.04 Å². The smallest absolute Gasteiger partial charge is 0.489 e. The molecule has 0 aliphatic carbocycles. The van der Waals surface area contributed by atoms with Crippen molar-refractivity contribution in [3.8, 4) is 0 Å². The van der Waals surface area contributed by atoms with Gasteiger partial charge in [-0.2, -0.15) is 0 Å². The van der Waals surface area contributed by atoms with Crippen molar-refractivity contribution >= 4 is 14.0 Å². The van der Waals surface area contributed by atoms with Crippen LogP contribution in [-0.4, -0.2) is 20.7 Å². The van der Waals surface area contributed by atoms with Crippen LogP contribution in [-0.2, 0) is 9.53 Å². The van der Waals surface area contributed by atoms with E-state index in [0.717, 1.165) is 0 Å². The summed E-state index contributed by atoms with van der Waals surface area (Å²) in [6.45, 7) is 8.59. The summed E-state index contributed by atoms with van der Waals surface area (Å²) in [4.78, 5) is 10.8. The van der Waals surface area contributed by atoms with Crippen LogP contribution >= 0.6 is 0 Å². The summed E-state index contributed by atoms with van der Waals surface area (Å²) < 4.78 is 4.76. The summed E-state index contributed by atoms with van der Waals surface area (Å²) in [7, 11) is -1.36. The molecule has 11 heavy (non-hydrogen) atoms. The predicted molar refractivity (Wildman–Crippen MR) is 44.3 cm³/mol. The molecule has 0 radical (unpaired) electrons. The summed E-state index contributed by atoms with van der Waals surface area (Å²) in [6, 6.07) is 1.72. The third-order valence-electron chi connectivity index (χ3n) is 0.837. The summed E-state index contributed by atoms with van der Waals surface area (Å²) in [5, 5.41) is 0. The maximum atomic E-state index is 10.8. The first-order valence-corrected chi connectivity index (χ1v) is 7.06. The Balaban J connectivity index is 0. The molecule has 0 aliphatic rings. The van der Waals surface area contributed by atoms with Crippen molar-refractivity contribution in [2.75, 3.05) is 6.61 Å². The molecule has 0 atom stereocenters. The van der Waals surface area contributed by atoms with Crippen molar-refractivity contribution in [1.29, 1.82) is 0 Å². The van der Waals surface area contributed by atoms with Crippen LogP contribution in [0, 0.1) is 6.04 Å². The van der Waals surface area contributed by atoms with Crippen LogP contribution in [0.5, 0.6) is 0 Å². The van der Waals surface area contributed by atoms with E-state index in [-0.39, 0.29) is 24.8 Å². The standard InChI is InChI=1S/C7H15O2Si.Li/c1-5-9-7(8)6-10(2,3)4;/h6H,5H2,1-4H3;/q-1;+1. The first-order chi connectivity index (χ1) is 4.45. The van der Waals surface area contributed by atoms with Crippen molar-refractivity contribution in [2.24, 2.45) is 0 Å². The first kappa shape index (κ1) is 13.7. The van der Waals surface area contributed by atoms with Gasteiger partial charge in [0.15, 0.2) is 5.97 Å². The molecule has 0 aliphatic heterocycles. The Hall–Kier alpha value is 0.154. The van der Waals surface area contributed by atoms with Gasteiger partial charge >= 0.3 is 18.9 Å². The van der Waals surface area contributed by atoms with Gasteiger partial charge in [-0.3, -0.25) is 10.8 Å². The molecule has 0 aromatic heterocycles. The van der Waals surface area contributed by atoms with Crippen molar-refractivity contribution < 1.29 is 28.4 Å². The Labute approximate surface area is 81.9 Å². The Morgan fingerprint density at radius 2 is 1.91 bits per heavy atom. The molecule has 0 spiro atoms. The van der Waals surface area contributed by atoms with Gasteiger partial charge in [0.1, 0.15) is 0 Å². The Kier molecular flexibility index (Phi) is 7.19. The van der Waals surface area contributed by atoms with Crippen LogP contribution in [0.3, 0.4) is 0 Å². The fourth-order valence-corrected chi connectivity index (χ4v) is 1.33. The first-order valence-electron chi connectivity index (χ1n) is 3.48. The number of esters is 1. The number of carbonyl (C=O) groups is 1. The fraction of sp³-hybridized carbons (Fsp3) is 0.714. The number of rotatable bonds is 3. The van der Waals surface area contributed by atoms with E-state index in [2.05, 4.69) is 19.6 Å². The van der Waals surface area contributed by atoms with Gasteiger partial charge in [-0.05, 0) is 6.92 Å². The zero-order chi connectivity index (χ0) is 8.20. The van der Waals surface area contributed by atoms with Crippen LogP contribution in [0.2, 0.25) is 19.6 Å². The van der Waals surface area contributed by atoms with E-state index in [1.165, 1.54) is 0 Å². The van der Waals surface area contributed by atoms with Crippen molar-refractivity contribution in [3.63, 3.8) is 0 Å². The molecule has 0 amide bonds. The molecule has 60 valence electrons. The third-order valence-corrected chi connectivity index (χ3v) is 1.94. The maximum Gasteiger partial charge on any atom is 1.00 e. The number of hydrogen-bond acceptors (Lipinski definition) is 2. The average Bonchev–Trinajstić information content (AvgIpc) is 1.59. The normalized spacial score (nSPS) is 9.82. The van der Waals surface area contributed by atoms with Gasteiger partial charge in [0.25, 0.3) is 0 Å². The van der Waals surface area contributed by atoms with Gasteiger partial charge < -0.3 is 4.74 Å². The van der Waals surface area contributed by atoms with Crippen LogP contribution in [0.4, 0.5) is 0 Å². The molecule has 0 saturated carbocycles. The van der Waals surface area contributed by atoms with Crippen LogP contribution in [0.25, 0.3) is 0 Å². The molecular weight excluding hydrogens is 151 g/mol. The summed E-state index contributed by atoms with van der Waals surface area (Å²) >= 11 is 0. The molecule has 0 bridgehead atoms. The number of hydrogen-bond donors (Lipinski definition) is 0. The van der Waals surface area contributed by atoms with Crippen molar-refractivity contribution in [1.82, 2.24) is 0 Å². The monoisotopic (exact) mass is 166 g/mol. The van der Waals surface area contributed by atoms with Crippen molar-refractivity contribution in [2.45, 2.75) is 26.6 Å². The minimum Gasteiger partial charge on any atom is -0.489 e. The SMILES string of the molecule is CCOC(=O)[CH-][Si](C)(C)C.[Li+]. The van der Waals surface area contributed by atoms with Gasteiger partial charge in [-0.1, -0.05) is 27.7 Å². The summed E-state index contributed by atoms with van der Waals surface area (Å²) in [5.41, 5.74) is 0. The third kappa shape index (κ3) is 10.2. The molecular formula is C7H15LiO2Si. The molecule has 0 fully saturated rings. The zero-order valence-electron chi connectivity index (χ0n) is 8.10. The molecule has 0 heterocycles. The molecule has 4 heteroatoms. The predicted octanol–water partition coefficient (Wildman–Crippen LogP) is -1.36. The summed E-state index contributed by atoms with van der Waals surface area (Å²) in [6.07, 6.45) is 0. The quantitative estimate of drug-likeness (QED) is 0.294. The average molecular weight is 166 g/mol.